The number of carbonyl (C=O) groups excluding carboxylic acids is 2. The molecule has 0 radical (unpaired) electrons. The van der Waals surface area contributed by atoms with Gasteiger partial charge in [0.2, 0.25) is 10.0 Å². The van der Waals surface area contributed by atoms with Crippen molar-refractivity contribution in [3.8, 4) is 0 Å². The van der Waals surface area contributed by atoms with Crippen LogP contribution in [0.25, 0.3) is 0 Å². The Kier molecular flexibility index (Phi) is 10.7. The number of cyclic esters (lactones) is 1. The van der Waals surface area contributed by atoms with E-state index < -0.39 is 52.0 Å². The first-order chi connectivity index (χ1) is 21.3. The van der Waals surface area contributed by atoms with Crippen molar-refractivity contribution in [3.63, 3.8) is 0 Å². The summed E-state index contributed by atoms with van der Waals surface area (Å²) in [7, 11) is -4.04. The summed E-state index contributed by atoms with van der Waals surface area (Å²) in [5, 5.41) is 14.1. The van der Waals surface area contributed by atoms with Crippen molar-refractivity contribution in [3.05, 3.63) is 84.1 Å². The molecule has 45 heavy (non-hydrogen) atoms. The summed E-state index contributed by atoms with van der Waals surface area (Å²) in [6, 6.07) is 15.3. The number of nitrogens with one attached hydrogen (secondary N) is 1. The minimum absolute atomic E-state index is 0.00140. The van der Waals surface area contributed by atoms with E-state index in [4.69, 9.17) is 10.5 Å². The Morgan fingerprint density at radius 3 is 2.44 bits per heavy atom. The number of hydrogen-bond acceptors (Lipinski definition) is 8. The van der Waals surface area contributed by atoms with Crippen LogP contribution < -0.4 is 16.0 Å². The zero-order chi connectivity index (χ0) is 32.8. The van der Waals surface area contributed by atoms with Gasteiger partial charge in [-0.15, -0.1) is 0 Å². The molecular weight excluding hydrogens is 615 g/mol. The predicted octanol–water partition coefficient (Wildman–Crippen LogP) is 3.59. The van der Waals surface area contributed by atoms with Crippen molar-refractivity contribution in [1.29, 1.82) is 0 Å². The molecule has 1 aliphatic rings. The summed E-state index contributed by atoms with van der Waals surface area (Å²) < 4.78 is 72.2. The number of ether oxygens (including phenoxy) is 1. The second kappa shape index (κ2) is 14.3. The minimum atomic E-state index is -4.62. The van der Waals surface area contributed by atoms with E-state index in [1.165, 1.54) is 24.3 Å². The molecule has 3 atom stereocenters. The number of unbranched alkanes of at least 4 members (excludes halogenated alkanes) is 1. The molecule has 4 rings (SSSR count). The van der Waals surface area contributed by atoms with Crippen LogP contribution in [0.2, 0.25) is 0 Å². The largest absolute Gasteiger partial charge is 0.434 e. The lowest BCUT2D eigenvalue weighted by molar-refractivity contribution is -0.137. The average Bonchev–Trinajstić information content (AvgIpc) is 3.40. The molecule has 1 aliphatic heterocycles. The molecule has 242 valence electrons. The highest BCUT2D eigenvalue weighted by Gasteiger charge is 2.40. The Labute approximate surface area is 258 Å². The molecule has 0 bridgehead atoms. The number of alkyl halides is 3. The van der Waals surface area contributed by atoms with E-state index in [2.05, 4.69) is 10.3 Å². The molecule has 1 fully saturated rings. The molecule has 4 N–H and O–H groups in total. The quantitative estimate of drug-likeness (QED) is 0.238. The summed E-state index contributed by atoms with van der Waals surface area (Å²) in [5.41, 5.74) is 5.85. The number of benzene rings is 2. The van der Waals surface area contributed by atoms with E-state index in [-0.39, 0.29) is 36.8 Å². The van der Waals surface area contributed by atoms with Crippen molar-refractivity contribution in [1.82, 2.24) is 14.6 Å². The summed E-state index contributed by atoms with van der Waals surface area (Å²) in [6.45, 7) is 1.32. The maximum absolute atomic E-state index is 13.5. The zero-order valence-corrected chi connectivity index (χ0v) is 25.2. The number of aliphatic hydroxyl groups is 1. The second-order valence-corrected chi connectivity index (χ2v) is 12.5. The highest BCUT2D eigenvalue weighted by molar-refractivity contribution is 7.89. The lowest BCUT2D eigenvalue weighted by Gasteiger charge is -2.30. The first-order valence-corrected chi connectivity index (χ1v) is 15.6. The van der Waals surface area contributed by atoms with Crippen LogP contribution in [0.3, 0.4) is 0 Å². The number of nitrogens with zero attached hydrogens (tertiary/aromatic N) is 3. The van der Waals surface area contributed by atoms with Crippen LogP contribution in [0.1, 0.15) is 30.9 Å². The van der Waals surface area contributed by atoms with Gasteiger partial charge in [0.25, 0.3) is 5.91 Å². The van der Waals surface area contributed by atoms with E-state index in [1.54, 1.807) is 30.3 Å². The Balaban J connectivity index is 1.52. The van der Waals surface area contributed by atoms with Crippen LogP contribution >= 0.6 is 0 Å². The average molecular weight is 650 g/mol. The summed E-state index contributed by atoms with van der Waals surface area (Å²) in [4.78, 5) is 30.5. The number of nitrogens with two attached hydrogens (primary N) is 1. The predicted molar refractivity (Wildman–Crippen MR) is 159 cm³/mol. The molecule has 11 nitrogen and oxygen atoms in total. The molecule has 0 aliphatic carbocycles. The van der Waals surface area contributed by atoms with Crippen LogP contribution in [0.15, 0.2) is 77.8 Å². The number of amides is 2. The third-order valence-corrected chi connectivity index (χ3v) is 9.10. The Morgan fingerprint density at radius 1 is 1.16 bits per heavy atom. The van der Waals surface area contributed by atoms with Gasteiger partial charge < -0.3 is 20.9 Å². The molecule has 0 spiro atoms. The van der Waals surface area contributed by atoms with Gasteiger partial charge in [0.05, 0.1) is 29.1 Å². The van der Waals surface area contributed by atoms with Crippen LogP contribution in [-0.4, -0.2) is 72.7 Å². The monoisotopic (exact) mass is 649 g/mol. The molecule has 2 amide bonds. The Hall–Kier alpha value is -4.21. The number of pyridine rings is 1. The van der Waals surface area contributed by atoms with Gasteiger partial charge in [0.15, 0.2) is 6.10 Å². The van der Waals surface area contributed by atoms with Crippen molar-refractivity contribution in [2.45, 2.75) is 55.5 Å². The third kappa shape index (κ3) is 8.49. The van der Waals surface area contributed by atoms with Gasteiger partial charge in [0, 0.05) is 25.0 Å². The highest BCUT2D eigenvalue weighted by Crippen LogP contribution is 2.30. The number of sulfonamides is 1. The number of anilines is 2. The second-order valence-electron chi connectivity index (χ2n) is 10.5. The molecule has 1 saturated heterocycles. The smallest absolute Gasteiger partial charge is 0.417 e. The summed E-state index contributed by atoms with van der Waals surface area (Å²) in [5.74, 6) is -0.914. The molecule has 3 aromatic rings. The van der Waals surface area contributed by atoms with Gasteiger partial charge in [0.1, 0.15) is 5.82 Å². The lowest BCUT2D eigenvalue weighted by Crippen LogP contribution is -2.53. The van der Waals surface area contributed by atoms with Gasteiger partial charge in [-0.1, -0.05) is 43.7 Å². The fourth-order valence-electron chi connectivity index (χ4n) is 4.70. The molecule has 2 heterocycles. The van der Waals surface area contributed by atoms with Crippen LogP contribution in [0, 0.1) is 0 Å². The van der Waals surface area contributed by atoms with Gasteiger partial charge in [-0.2, -0.15) is 17.5 Å². The standard InChI is InChI=1S/C30H34F3N5O6S/c1-2-3-15-37(45(42,43)23-12-10-22(34)11-13-23)18-25(39)24(16-20-7-5-4-6-8-20)36-28(40)26-19-38(29(41)44-26)27-14-9-21(17-35-27)30(31,32)33/h4-14,17,24-26,39H,2-3,15-16,18-19,34H2,1H3,(H,36,40)/t24?,25-,26+/m1/s1. The van der Waals surface area contributed by atoms with Gasteiger partial charge >= 0.3 is 12.3 Å². The van der Waals surface area contributed by atoms with Crippen LogP contribution in [-0.2, 0) is 32.2 Å². The topological polar surface area (TPSA) is 155 Å². The molecule has 0 saturated carbocycles. The van der Waals surface area contributed by atoms with Crippen molar-refractivity contribution in [2.24, 2.45) is 0 Å². The number of hydrogen-bond donors (Lipinski definition) is 3. The lowest BCUT2D eigenvalue weighted by atomic mass is 10.0. The Bertz CT molecular complexity index is 1560. The van der Waals surface area contributed by atoms with E-state index in [1.807, 2.05) is 6.92 Å². The fourth-order valence-corrected chi connectivity index (χ4v) is 6.19. The molecule has 1 unspecified atom stereocenters. The van der Waals surface area contributed by atoms with E-state index in [0.717, 1.165) is 26.9 Å². The minimum Gasteiger partial charge on any atom is -0.434 e. The first kappa shape index (κ1) is 33.7. The maximum Gasteiger partial charge on any atom is 0.417 e. The van der Waals surface area contributed by atoms with Crippen LogP contribution in [0.4, 0.5) is 29.5 Å². The van der Waals surface area contributed by atoms with E-state index in [0.29, 0.717) is 24.7 Å². The van der Waals surface area contributed by atoms with Crippen molar-refractivity contribution in [2.75, 3.05) is 30.3 Å². The van der Waals surface area contributed by atoms with Gasteiger partial charge in [-0.3, -0.25) is 9.69 Å². The van der Waals surface area contributed by atoms with E-state index >= 15 is 0 Å². The number of aromatic nitrogens is 1. The molecular formula is C30H34F3N5O6S. The number of carbonyl (C=O) groups is 2. The number of halogens is 3. The number of aliphatic hydroxyl groups excluding tert-OH is 1. The SMILES string of the molecule is CCCCN(C[C@@H](O)C(Cc1ccccc1)NC(=O)[C@@H]1CN(c2ccc(C(F)(F)F)cn2)C(=O)O1)S(=O)(=O)c1ccc(N)cc1. The van der Waals surface area contributed by atoms with E-state index in [9.17, 15) is 36.3 Å². The van der Waals surface area contributed by atoms with Gasteiger partial charge in [-0.05, 0) is 54.8 Å². The molecule has 15 heteroatoms. The summed E-state index contributed by atoms with van der Waals surface area (Å²) >= 11 is 0. The zero-order valence-electron chi connectivity index (χ0n) is 24.4. The number of rotatable bonds is 13. The molecule has 1 aromatic heterocycles. The third-order valence-electron chi connectivity index (χ3n) is 7.22. The van der Waals surface area contributed by atoms with Gasteiger partial charge in [-0.25, -0.2) is 18.2 Å². The number of nitrogen functional groups attached to an aromatic ring is 1. The normalized spacial score (nSPS) is 16.8. The summed E-state index contributed by atoms with van der Waals surface area (Å²) in [6.07, 6.45) is -6.47. The maximum atomic E-state index is 13.5. The fraction of sp³-hybridized carbons (Fsp3) is 0.367. The molecule has 2 aromatic carbocycles. The van der Waals surface area contributed by atoms with Crippen molar-refractivity contribution >= 4 is 33.5 Å². The Morgan fingerprint density at radius 2 is 1.84 bits per heavy atom. The first-order valence-electron chi connectivity index (χ1n) is 14.2. The van der Waals surface area contributed by atoms with Crippen LogP contribution in [0.5, 0.6) is 0 Å². The van der Waals surface area contributed by atoms with Crippen molar-refractivity contribution < 1.29 is 41.0 Å². The highest BCUT2D eigenvalue weighted by atomic mass is 32.2.